The van der Waals surface area contributed by atoms with E-state index in [4.69, 9.17) is 0 Å². The number of aromatic nitrogens is 2. The maximum absolute atomic E-state index is 12.5. The van der Waals surface area contributed by atoms with Gasteiger partial charge in [0.15, 0.2) is 0 Å². The van der Waals surface area contributed by atoms with Crippen LogP contribution in [0.1, 0.15) is 15.4 Å². The predicted octanol–water partition coefficient (Wildman–Crippen LogP) is 2.36. The molecule has 2 amide bonds. The van der Waals surface area contributed by atoms with Gasteiger partial charge in [-0.25, -0.2) is 23.1 Å². The van der Waals surface area contributed by atoms with Crippen molar-refractivity contribution in [3.8, 4) is 0 Å². The van der Waals surface area contributed by atoms with Gasteiger partial charge in [-0.1, -0.05) is 6.07 Å². The Morgan fingerprint density at radius 1 is 1.13 bits per heavy atom. The van der Waals surface area contributed by atoms with Crippen molar-refractivity contribution in [1.82, 2.24) is 14.9 Å². The second kappa shape index (κ2) is 8.44. The van der Waals surface area contributed by atoms with Gasteiger partial charge < -0.3 is 10.2 Å². The summed E-state index contributed by atoms with van der Waals surface area (Å²) in [4.78, 5) is 34.9. The molecule has 9 nitrogen and oxygen atoms in total. The summed E-state index contributed by atoms with van der Waals surface area (Å²) in [6.07, 6.45) is 1.47. The van der Waals surface area contributed by atoms with Crippen LogP contribution in [0.15, 0.2) is 58.9 Å². The van der Waals surface area contributed by atoms with Gasteiger partial charge in [0, 0.05) is 30.7 Å². The zero-order valence-electron chi connectivity index (χ0n) is 16.5. The summed E-state index contributed by atoms with van der Waals surface area (Å²) in [6, 6.07) is 11.0. The molecule has 2 aromatic heterocycles. The molecular weight excluding hydrogens is 438 g/mol. The number of hydrogen-bond acceptors (Lipinski definition) is 7. The number of amides is 2. The van der Waals surface area contributed by atoms with Gasteiger partial charge in [-0.05, 0) is 48.7 Å². The molecule has 3 aromatic rings. The fourth-order valence-corrected chi connectivity index (χ4v) is 4.65. The topological polar surface area (TPSA) is 121 Å². The largest absolute Gasteiger partial charge is 0.336 e. The third-order valence-electron chi connectivity index (χ3n) is 4.72. The lowest BCUT2D eigenvalue weighted by atomic mass is 9.98. The molecule has 0 radical (unpaired) electrons. The van der Waals surface area contributed by atoms with E-state index in [2.05, 4.69) is 20.0 Å². The Labute approximate surface area is 183 Å². The first-order chi connectivity index (χ1) is 14.8. The molecule has 1 saturated heterocycles. The summed E-state index contributed by atoms with van der Waals surface area (Å²) >= 11 is 1.37. The first kappa shape index (κ1) is 20.9. The van der Waals surface area contributed by atoms with Crippen molar-refractivity contribution in [2.45, 2.75) is 11.8 Å². The summed E-state index contributed by atoms with van der Waals surface area (Å²) in [7, 11) is -3.85. The molecule has 4 rings (SSSR count). The highest BCUT2D eigenvalue weighted by Gasteiger charge is 2.36. The number of nitrogens with one attached hydrogen (secondary N) is 2. The zero-order chi connectivity index (χ0) is 22.0. The third kappa shape index (κ3) is 4.72. The molecule has 0 bridgehead atoms. The van der Waals surface area contributed by atoms with Crippen molar-refractivity contribution in [3.05, 3.63) is 64.6 Å². The average Bonchev–Trinajstić information content (AvgIpc) is 3.21. The lowest BCUT2D eigenvalue weighted by molar-refractivity contribution is -0.123. The Morgan fingerprint density at radius 3 is 2.52 bits per heavy atom. The fourth-order valence-electron chi connectivity index (χ4n) is 3.01. The van der Waals surface area contributed by atoms with Crippen LogP contribution in [0.25, 0.3) is 0 Å². The Balaban J connectivity index is 1.33. The lowest BCUT2D eigenvalue weighted by Gasteiger charge is -2.37. The molecule has 0 unspecified atom stereocenters. The molecule has 0 aliphatic carbocycles. The van der Waals surface area contributed by atoms with E-state index >= 15 is 0 Å². The van der Waals surface area contributed by atoms with Crippen LogP contribution in [0.5, 0.6) is 0 Å². The van der Waals surface area contributed by atoms with Gasteiger partial charge in [-0.15, -0.1) is 11.3 Å². The van der Waals surface area contributed by atoms with E-state index in [-0.39, 0.29) is 28.6 Å². The van der Waals surface area contributed by atoms with Gasteiger partial charge in [0.25, 0.3) is 15.9 Å². The minimum absolute atomic E-state index is 0.0102. The van der Waals surface area contributed by atoms with Crippen LogP contribution in [-0.4, -0.2) is 48.2 Å². The predicted molar refractivity (Wildman–Crippen MR) is 116 cm³/mol. The first-order valence-corrected chi connectivity index (χ1v) is 11.7. The fraction of sp³-hybridized carbons (Fsp3) is 0.200. The Hall–Kier alpha value is -3.31. The van der Waals surface area contributed by atoms with Crippen LogP contribution >= 0.6 is 11.3 Å². The summed E-state index contributed by atoms with van der Waals surface area (Å²) < 4.78 is 27.3. The van der Waals surface area contributed by atoms with E-state index < -0.39 is 10.0 Å². The SMILES string of the molecule is Cc1ccnc(NS(=O)(=O)c2ccc(NC(=O)C3CN(C(=O)c4cccs4)C3)cc2)n1. The number of anilines is 2. The molecule has 1 aliphatic heterocycles. The van der Waals surface area contributed by atoms with Crippen molar-refractivity contribution in [1.29, 1.82) is 0 Å². The number of aryl methyl sites for hydroxylation is 1. The smallest absolute Gasteiger partial charge is 0.264 e. The number of rotatable bonds is 6. The molecule has 2 N–H and O–H groups in total. The van der Waals surface area contributed by atoms with Crippen LogP contribution in [0.4, 0.5) is 11.6 Å². The highest BCUT2D eigenvalue weighted by atomic mass is 32.2. The normalized spacial score (nSPS) is 14.0. The van der Waals surface area contributed by atoms with E-state index in [1.54, 1.807) is 24.0 Å². The number of benzene rings is 1. The zero-order valence-corrected chi connectivity index (χ0v) is 18.1. The second-order valence-corrected chi connectivity index (χ2v) is 9.66. The third-order valence-corrected chi connectivity index (χ3v) is 6.93. The van der Waals surface area contributed by atoms with Crippen molar-refractivity contribution in [2.75, 3.05) is 23.1 Å². The number of hydrogen-bond donors (Lipinski definition) is 2. The molecular formula is C20H19N5O4S2. The molecule has 0 saturated carbocycles. The van der Waals surface area contributed by atoms with Gasteiger partial charge in [-0.2, -0.15) is 0 Å². The minimum atomic E-state index is -3.85. The van der Waals surface area contributed by atoms with Gasteiger partial charge in [0.2, 0.25) is 11.9 Å². The van der Waals surface area contributed by atoms with Gasteiger partial charge >= 0.3 is 0 Å². The minimum Gasteiger partial charge on any atom is -0.336 e. The molecule has 1 fully saturated rings. The van der Waals surface area contributed by atoms with E-state index in [9.17, 15) is 18.0 Å². The quantitative estimate of drug-likeness (QED) is 0.586. The number of carbonyl (C=O) groups excluding carboxylic acids is 2. The molecule has 1 aliphatic rings. The van der Waals surface area contributed by atoms with Crippen LogP contribution in [0, 0.1) is 12.8 Å². The van der Waals surface area contributed by atoms with Crippen LogP contribution in [-0.2, 0) is 14.8 Å². The Bertz CT molecular complexity index is 1200. The molecule has 1 aromatic carbocycles. The lowest BCUT2D eigenvalue weighted by Crippen LogP contribution is -2.54. The number of thiophene rings is 1. The highest BCUT2D eigenvalue weighted by molar-refractivity contribution is 7.92. The monoisotopic (exact) mass is 457 g/mol. The van der Waals surface area contributed by atoms with Crippen molar-refractivity contribution in [2.24, 2.45) is 5.92 Å². The maximum atomic E-state index is 12.5. The van der Waals surface area contributed by atoms with E-state index in [1.165, 1.54) is 41.8 Å². The Kier molecular flexibility index (Phi) is 5.70. The number of likely N-dealkylation sites (tertiary alicyclic amines) is 1. The second-order valence-electron chi connectivity index (χ2n) is 7.03. The van der Waals surface area contributed by atoms with E-state index in [0.29, 0.717) is 29.3 Å². The van der Waals surface area contributed by atoms with Gasteiger partial charge in [-0.3, -0.25) is 9.59 Å². The first-order valence-electron chi connectivity index (χ1n) is 9.38. The molecule has 11 heteroatoms. The van der Waals surface area contributed by atoms with E-state index in [1.807, 2.05) is 11.4 Å². The standard InChI is InChI=1S/C20H19N5O4S2/c1-13-8-9-21-20(22-13)24-31(28,29)16-6-4-15(5-7-16)23-18(26)14-11-25(12-14)19(27)17-3-2-10-30-17/h2-10,14H,11-12H2,1H3,(H,23,26)(H,21,22,24). The molecule has 0 spiro atoms. The molecule has 160 valence electrons. The number of sulfonamides is 1. The van der Waals surface area contributed by atoms with Crippen LogP contribution < -0.4 is 10.0 Å². The van der Waals surface area contributed by atoms with Gasteiger partial charge in [0.1, 0.15) is 0 Å². The Morgan fingerprint density at radius 2 is 1.87 bits per heavy atom. The van der Waals surface area contributed by atoms with E-state index in [0.717, 1.165) is 0 Å². The van der Waals surface area contributed by atoms with Crippen molar-refractivity contribution >= 4 is 44.8 Å². The number of nitrogens with zero attached hydrogens (tertiary/aromatic N) is 3. The molecule has 0 atom stereocenters. The van der Waals surface area contributed by atoms with Crippen LogP contribution in [0.2, 0.25) is 0 Å². The molecule has 3 heterocycles. The highest BCUT2D eigenvalue weighted by Crippen LogP contribution is 2.23. The number of carbonyl (C=O) groups is 2. The van der Waals surface area contributed by atoms with Crippen LogP contribution in [0.3, 0.4) is 0 Å². The van der Waals surface area contributed by atoms with Crippen molar-refractivity contribution in [3.63, 3.8) is 0 Å². The summed E-state index contributed by atoms with van der Waals surface area (Å²) in [5, 5.41) is 4.60. The molecule has 31 heavy (non-hydrogen) atoms. The van der Waals surface area contributed by atoms with Crippen molar-refractivity contribution < 1.29 is 18.0 Å². The summed E-state index contributed by atoms with van der Waals surface area (Å²) in [5.74, 6) is -0.590. The van der Waals surface area contributed by atoms with Gasteiger partial charge in [0.05, 0.1) is 15.7 Å². The summed E-state index contributed by atoms with van der Waals surface area (Å²) in [5.41, 5.74) is 1.11. The average molecular weight is 458 g/mol. The summed E-state index contributed by atoms with van der Waals surface area (Å²) in [6.45, 7) is 2.45. The maximum Gasteiger partial charge on any atom is 0.264 e.